The number of nitrogens with one attached hydrogen (secondary N) is 3. The molecule has 0 bridgehead atoms. The van der Waals surface area contributed by atoms with Crippen LogP contribution in [-0.4, -0.2) is 70.2 Å². The molecule has 1 fully saturated rings. The molecular weight excluding hydrogens is 526 g/mol. The predicted molar refractivity (Wildman–Crippen MR) is 153 cm³/mol. The summed E-state index contributed by atoms with van der Waals surface area (Å²) in [5, 5.41) is 6.55. The molecule has 0 radical (unpaired) electrons. The van der Waals surface area contributed by atoms with E-state index in [0.717, 1.165) is 31.9 Å². The maximum atomic E-state index is 12.9. The molecular formula is C26H34ClN7O3S. The fraction of sp³-hybridized carbons (Fsp3) is 0.385. The minimum atomic E-state index is -3.74. The number of halogens is 1. The molecule has 204 valence electrons. The number of hydrogen-bond donors (Lipinski definition) is 3. The number of likely N-dealkylation sites (N-methyl/N-ethyl adjacent to an activating group) is 1. The number of rotatable bonds is 10. The Labute approximate surface area is 229 Å². The second-order valence-corrected chi connectivity index (χ2v) is 11.7. The Morgan fingerprint density at radius 3 is 2.50 bits per heavy atom. The van der Waals surface area contributed by atoms with Crippen LogP contribution in [-0.2, 0) is 10.0 Å². The molecule has 0 unspecified atom stereocenters. The first-order valence-corrected chi connectivity index (χ1v) is 14.3. The Morgan fingerprint density at radius 2 is 1.79 bits per heavy atom. The number of para-hydroxylation sites is 1. The number of methoxy groups -OCH3 is 1. The average molecular weight is 560 g/mol. The van der Waals surface area contributed by atoms with E-state index >= 15 is 0 Å². The lowest BCUT2D eigenvalue weighted by atomic mass is 10.2. The third kappa shape index (κ3) is 6.84. The maximum Gasteiger partial charge on any atom is 0.242 e. The first kappa shape index (κ1) is 27.9. The molecule has 0 saturated carbocycles. The molecule has 0 amide bonds. The van der Waals surface area contributed by atoms with E-state index in [0.29, 0.717) is 23.7 Å². The highest BCUT2D eigenvalue weighted by molar-refractivity contribution is 7.89. The van der Waals surface area contributed by atoms with Crippen LogP contribution in [0, 0.1) is 5.92 Å². The number of aromatic nitrogens is 2. The largest absolute Gasteiger partial charge is 0.495 e. The molecule has 10 nitrogen and oxygen atoms in total. The summed E-state index contributed by atoms with van der Waals surface area (Å²) in [6, 6.07) is 12.6. The summed E-state index contributed by atoms with van der Waals surface area (Å²) in [5.74, 6) is 1.36. The molecule has 38 heavy (non-hydrogen) atoms. The summed E-state index contributed by atoms with van der Waals surface area (Å²) in [7, 11) is -0.0140. The highest BCUT2D eigenvalue weighted by Gasteiger charge is 2.20. The van der Waals surface area contributed by atoms with Crippen LogP contribution in [0.2, 0.25) is 5.02 Å². The van der Waals surface area contributed by atoms with Gasteiger partial charge in [-0.25, -0.2) is 18.1 Å². The lowest BCUT2D eigenvalue weighted by molar-refractivity contribution is 0.313. The molecule has 1 aliphatic heterocycles. The van der Waals surface area contributed by atoms with Gasteiger partial charge in [0.25, 0.3) is 0 Å². The second kappa shape index (κ2) is 12.2. The van der Waals surface area contributed by atoms with Crippen molar-refractivity contribution < 1.29 is 13.2 Å². The fourth-order valence-electron chi connectivity index (χ4n) is 3.98. The van der Waals surface area contributed by atoms with E-state index in [-0.39, 0.29) is 27.6 Å². The molecule has 2 aromatic carbocycles. The van der Waals surface area contributed by atoms with Gasteiger partial charge in [-0.3, -0.25) is 0 Å². The monoisotopic (exact) mass is 559 g/mol. The first-order valence-electron chi connectivity index (χ1n) is 12.4. The normalized spacial score (nSPS) is 14.5. The van der Waals surface area contributed by atoms with Crippen molar-refractivity contribution in [3.05, 3.63) is 53.7 Å². The predicted octanol–water partition coefficient (Wildman–Crippen LogP) is 4.31. The Kier molecular flexibility index (Phi) is 8.93. The lowest BCUT2D eigenvalue weighted by Gasteiger charge is -2.34. The minimum Gasteiger partial charge on any atom is -0.495 e. The van der Waals surface area contributed by atoms with Crippen LogP contribution >= 0.6 is 11.6 Å². The van der Waals surface area contributed by atoms with Crippen LogP contribution in [0.1, 0.15) is 13.8 Å². The van der Waals surface area contributed by atoms with Crippen molar-refractivity contribution in [1.29, 1.82) is 0 Å². The van der Waals surface area contributed by atoms with Crippen LogP contribution in [0.5, 0.6) is 5.75 Å². The number of benzene rings is 2. The molecule has 1 aromatic heterocycles. The zero-order valence-corrected chi connectivity index (χ0v) is 23.6. The lowest BCUT2D eigenvalue weighted by Crippen LogP contribution is -2.44. The SMILES string of the molecule is COc1ccc(N2CCN(C)CC2)cc1Nc1ncc(Cl)c(Nc2ccccc2S(=O)(=O)NCC(C)C)n1. The Balaban J connectivity index is 1.59. The number of piperazine rings is 1. The Morgan fingerprint density at radius 1 is 1.05 bits per heavy atom. The van der Waals surface area contributed by atoms with E-state index in [1.807, 2.05) is 32.0 Å². The van der Waals surface area contributed by atoms with Crippen molar-refractivity contribution in [2.24, 2.45) is 5.92 Å². The highest BCUT2D eigenvalue weighted by atomic mass is 35.5. The van der Waals surface area contributed by atoms with Crippen molar-refractivity contribution in [2.75, 3.05) is 62.4 Å². The quantitative estimate of drug-likeness (QED) is 0.334. The molecule has 3 N–H and O–H groups in total. The van der Waals surface area contributed by atoms with Gasteiger partial charge in [-0.15, -0.1) is 0 Å². The third-order valence-corrected chi connectivity index (χ3v) is 7.91. The van der Waals surface area contributed by atoms with Gasteiger partial charge in [0.1, 0.15) is 15.7 Å². The zero-order chi connectivity index (χ0) is 27.3. The van der Waals surface area contributed by atoms with Crippen molar-refractivity contribution in [3.63, 3.8) is 0 Å². The van der Waals surface area contributed by atoms with Gasteiger partial charge in [0.15, 0.2) is 5.82 Å². The molecule has 2 heterocycles. The number of sulfonamides is 1. The number of ether oxygens (including phenoxy) is 1. The minimum absolute atomic E-state index is 0.103. The van der Waals surface area contributed by atoms with Gasteiger partial charge in [0.05, 0.1) is 24.7 Å². The molecule has 1 saturated heterocycles. The maximum absolute atomic E-state index is 12.9. The van der Waals surface area contributed by atoms with Gasteiger partial charge in [0.2, 0.25) is 16.0 Å². The van der Waals surface area contributed by atoms with Crippen LogP contribution in [0.3, 0.4) is 0 Å². The standard InChI is InChI=1S/C26H34ClN7O3S/c1-18(2)16-29-38(35,36)24-8-6-5-7-21(24)30-25-20(27)17-28-26(32-25)31-22-15-19(9-10-23(22)37-4)34-13-11-33(3)12-14-34/h5-10,15,17-18,29H,11-14,16H2,1-4H3,(H2,28,30,31,32). The number of anilines is 5. The molecule has 0 aliphatic carbocycles. The van der Waals surface area contributed by atoms with Crippen LogP contribution < -0.4 is 25.0 Å². The molecule has 0 spiro atoms. The van der Waals surface area contributed by atoms with Crippen molar-refractivity contribution in [3.8, 4) is 5.75 Å². The van der Waals surface area contributed by atoms with Crippen molar-refractivity contribution >= 4 is 50.5 Å². The van der Waals surface area contributed by atoms with E-state index in [1.165, 1.54) is 12.3 Å². The summed E-state index contributed by atoms with van der Waals surface area (Å²) in [6.45, 7) is 8.07. The van der Waals surface area contributed by atoms with E-state index in [4.69, 9.17) is 16.3 Å². The van der Waals surface area contributed by atoms with E-state index < -0.39 is 10.0 Å². The van der Waals surface area contributed by atoms with Gasteiger partial charge < -0.3 is 25.2 Å². The average Bonchev–Trinajstić information content (AvgIpc) is 2.90. The van der Waals surface area contributed by atoms with Gasteiger partial charge in [-0.1, -0.05) is 37.6 Å². The van der Waals surface area contributed by atoms with Crippen LogP contribution in [0.25, 0.3) is 0 Å². The third-order valence-electron chi connectivity index (χ3n) is 6.15. The van der Waals surface area contributed by atoms with E-state index in [1.54, 1.807) is 25.3 Å². The molecule has 3 aromatic rings. The van der Waals surface area contributed by atoms with Crippen molar-refractivity contribution in [1.82, 2.24) is 19.6 Å². The molecule has 4 rings (SSSR count). The highest BCUT2D eigenvalue weighted by Crippen LogP contribution is 2.33. The van der Waals surface area contributed by atoms with Gasteiger partial charge >= 0.3 is 0 Å². The molecule has 1 aliphatic rings. The summed E-state index contributed by atoms with van der Waals surface area (Å²) < 4.78 is 34.1. The van der Waals surface area contributed by atoms with Crippen molar-refractivity contribution in [2.45, 2.75) is 18.7 Å². The fourth-order valence-corrected chi connectivity index (χ4v) is 5.49. The Hall–Kier alpha value is -3.12. The number of nitrogens with zero attached hydrogens (tertiary/aromatic N) is 4. The summed E-state index contributed by atoms with van der Waals surface area (Å²) in [4.78, 5) is 13.6. The summed E-state index contributed by atoms with van der Waals surface area (Å²) in [6.07, 6.45) is 1.46. The van der Waals surface area contributed by atoms with Gasteiger partial charge in [-0.2, -0.15) is 4.98 Å². The molecule has 0 atom stereocenters. The van der Waals surface area contributed by atoms with Gasteiger partial charge in [-0.05, 0) is 43.3 Å². The zero-order valence-electron chi connectivity index (χ0n) is 22.0. The molecule has 12 heteroatoms. The van der Waals surface area contributed by atoms with Crippen LogP contribution in [0.4, 0.5) is 28.8 Å². The summed E-state index contributed by atoms with van der Waals surface area (Å²) in [5.41, 5.74) is 2.13. The topological polar surface area (TPSA) is 112 Å². The van der Waals surface area contributed by atoms with Crippen LogP contribution in [0.15, 0.2) is 53.6 Å². The Bertz CT molecular complexity index is 1360. The first-order chi connectivity index (χ1) is 18.2. The number of hydrogen-bond acceptors (Lipinski definition) is 9. The van der Waals surface area contributed by atoms with E-state index in [9.17, 15) is 8.42 Å². The van der Waals surface area contributed by atoms with Gasteiger partial charge in [0, 0.05) is 38.4 Å². The van der Waals surface area contributed by atoms with E-state index in [2.05, 4.69) is 42.2 Å². The summed E-state index contributed by atoms with van der Waals surface area (Å²) >= 11 is 6.40. The smallest absolute Gasteiger partial charge is 0.242 e. The second-order valence-electron chi connectivity index (χ2n) is 9.56.